The van der Waals surface area contributed by atoms with Gasteiger partial charge in [0.05, 0.1) is 31.9 Å². The van der Waals surface area contributed by atoms with Gasteiger partial charge < -0.3 is 35.3 Å². The molecule has 1 saturated carbocycles. The minimum Gasteiger partial charge on any atom is -0.492 e. The summed E-state index contributed by atoms with van der Waals surface area (Å²) in [5, 5.41) is 16.6. The standard InChI is InChI=1S/C25H27N3O7/c1-26-24(30)17-9-14(23(29)28-21-19-10-33-11-20(19)21)8-16-18(12-35-22(16)17)13-2-4-15(5-3-13)34-7-6-27-25(31)32/h2-5,8-9,18-21,27H,6-7,10-12H2,1H3,(H,26,30)(H,28,29)(H,31,32)/t18?,19-,20+,21-. The van der Waals surface area contributed by atoms with E-state index in [2.05, 4.69) is 16.0 Å². The summed E-state index contributed by atoms with van der Waals surface area (Å²) in [6.07, 6.45) is -1.10. The average molecular weight is 482 g/mol. The molecule has 184 valence electrons. The van der Waals surface area contributed by atoms with Crippen molar-refractivity contribution >= 4 is 17.9 Å². The molecule has 2 heterocycles. The molecule has 0 aromatic heterocycles. The Hall–Kier alpha value is -3.79. The number of amides is 3. The summed E-state index contributed by atoms with van der Waals surface area (Å²) >= 11 is 0. The van der Waals surface area contributed by atoms with Crippen LogP contribution in [0.4, 0.5) is 4.79 Å². The van der Waals surface area contributed by atoms with Crippen LogP contribution in [0.15, 0.2) is 36.4 Å². The third-order valence-corrected chi connectivity index (χ3v) is 6.80. The van der Waals surface area contributed by atoms with Gasteiger partial charge in [0.2, 0.25) is 0 Å². The van der Waals surface area contributed by atoms with Crippen LogP contribution in [0, 0.1) is 11.8 Å². The fourth-order valence-corrected chi connectivity index (χ4v) is 4.85. The van der Waals surface area contributed by atoms with Crippen molar-refractivity contribution in [2.45, 2.75) is 12.0 Å². The number of hydrogen-bond donors (Lipinski definition) is 4. The fourth-order valence-electron chi connectivity index (χ4n) is 4.85. The van der Waals surface area contributed by atoms with Gasteiger partial charge in [0.25, 0.3) is 11.8 Å². The topological polar surface area (TPSA) is 135 Å². The predicted octanol–water partition coefficient (Wildman–Crippen LogP) is 1.59. The maximum atomic E-state index is 13.1. The summed E-state index contributed by atoms with van der Waals surface area (Å²) in [6.45, 7) is 2.09. The van der Waals surface area contributed by atoms with Crippen molar-refractivity contribution in [3.05, 3.63) is 58.7 Å². The first kappa shape index (κ1) is 23.0. The number of carboxylic acid groups (broad SMARTS) is 1. The maximum absolute atomic E-state index is 13.1. The van der Waals surface area contributed by atoms with E-state index in [1.807, 2.05) is 18.2 Å². The summed E-state index contributed by atoms with van der Waals surface area (Å²) in [4.78, 5) is 36.2. The molecule has 2 fully saturated rings. The van der Waals surface area contributed by atoms with Crippen LogP contribution in [0.25, 0.3) is 0 Å². The number of benzene rings is 2. The number of hydrogen-bond acceptors (Lipinski definition) is 6. The molecule has 5 rings (SSSR count). The molecule has 1 unspecified atom stereocenters. The van der Waals surface area contributed by atoms with Gasteiger partial charge >= 0.3 is 6.09 Å². The van der Waals surface area contributed by atoms with E-state index in [-0.39, 0.29) is 36.9 Å². The smallest absolute Gasteiger partial charge is 0.404 e. The van der Waals surface area contributed by atoms with Crippen molar-refractivity contribution in [3.8, 4) is 11.5 Å². The number of rotatable bonds is 8. The molecule has 4 N–H and O–H groups in total. The molecule has 4 atom stereocenters. The first-order chi connectivity index (χ1) is 17.0. The van der Waals surface area contributed by atoms with Gasteiger partial charge in [0, 0.05) is 42.0 Å². The van der Waals surface area contributed by atoms with Crippen LogP contribution < -0.4 is 25.4 Å². The molecule has 35 heavy (non-hydrogen) atoms. The van der Waals surface area contributed by atoms with Crippen molar-refractivity contribution in [3.63, 3.8) is 0 Å². The van der Waals surface area contributed by atoms with E-state index < -0.39 is 6.09 Å². The summed E-state index contributed by atoms with van der Waals surface area (Å²) < 4.78 is 16.9. The summed E-state index contributed by atoms with van der Waals surface area (Å²) in [7, 11) is 1.55. The molecule has 0 bridgehead atoms. The molecular weight excluding hydrogens is 454 g/mol. The molecule has 0 radical (unpaired) electrons. The van der Waals surface area contributed by atoms with Crippen molar-refractivity contribution < 1.29 is 33.7 Å². The highest BCUT2D eigenvalue weighted by atomic mass is 16.5. The highest BCUT2D eigenvalue weighted by molar-refractivity contribution is 6.02. The van der Waals surface area contributed by atoms with Crippen molar-refractivity contribution in [1.29, 1.82) is 0 Å². The van der Waals surface area contributed by atoms with Gasteiger partial charge in [-0.15, -0.1) is 0 Å². The Morgan fingerprint density at radius 3 is 2.49 bits per heavy atom. The van der Waals surface area contributed by atoms with E-state index in [1.165, 1.54) is 0 Å². The molecule has 2 aromatic carbocycles. The Morgan fingerprint density at radius 2 is 1.80 bits per heavy atom. The number of nitrogens with one attached hydrogen (secondary N) is 3. The zero-order valence-electron chi connectivity index (χ0n) is 19.2. The molecule has 3 aliphatic rings. The molecule has 10 heteroatoms. The lowest BCUT2D eigenvalue weighted by atomic mass is 9.90. The van der Waals surface area contributed by atoms with Crippen molar-refractivity contribution in [1.82, 2.24) is 16.0 Å². The van der Waals surface area contributed by atoms with Gasteiger partial charge in [-0.1, -0.05) is 12.1 Å². The summed E-state index contributed by atoms with van der Waals surface area (Å²) in [5.41, 5.74) is 2.50. The third-order valence-electron chi connectivity index (χ3n) is 6.80. The zero-order chi connectivity index (χ0) is 24.5. The average Bonchev–Trinajstić information content (AvgIpc) is 3.22. The number of fused-ring (bicyclic) bond motifs is 2. The predicted molar refractivity (Wildman–Crippen MR) is 124 cm³/mol. The van der Waals surface area contributed by atoms with Crippen LogP contribution in [0.1, 0.15) is 37.8 Å². The largest absolute Gasteiger partial charge is 0.492 e. The molecule has 10 nitrogen and oxygen atoms in total. The monoisotopic (exact) mass is 481 g/mol. The lowest BCUT2D eigenvalue weighted by Crippen LogP contribution is -2.30. The first-order valence-corrected chi connectivity index (χ1v) is 11.6. The highest BCUT2D eigenvalue weighted by Crippen LogP contribution is 2.45. The molecule has 0 spiro atoms. The van der Waals surface area contributed by atoms with E-state index in [1.54, 1.807) is 25.2 Å². The Bertz CT molecular complexity index is 1140. The maximum Gasteiger partial charge on any atom is 0.404 e. The Labute approximate surface area is 201 Å². The van der Waals surface area contributed by atoms with Crippen LogP contribution in [0.5, 0.6) is 11.5 Å². The van der Waals surface area contributed by atoms with Crippen LogP contribution in [-0.4, -0.2) is 69.1 Å². The highest BCUT2D eigenvalue weighted by Gasteiger charge is 2.54. The lowest BCUT2D eigenvalue weighted by molar-refractivity contribution is 0.0928. The third kappa shape index (κ3) is 4.61. The van der Waals surface area contributed by atoms with Gasteiger partial charge in [0.1, 0.15) is 18.1 Å². The van der Waals surface area contributed by atoms with Gasteiger partial charge in [-0.05, 0) is 29.8 Å². The Morgan fingerprint density at radius 1 is 1.06 bits per heavy atom. The van der Waals surface area contributed by atoms with Crippen LogP contribution in [0.2, 0.25) is 0 Å². The van der Waals surface area contributed by atoms with Gasteiger partial charge in [-0.25, -0.2) is 4.79 Å². The van der Waals surface area contributed by atoms with Gasteiger partial charge in [-0.2, -0.15) is 0 Å². The second-order valence-corrected chi connectivity index (χ2v) is 8.90. The van der Waals surface area contributed by atoms with E-state index in [0.29, 0.717) is 54.3 Å². The van der Waals surface area contributed by atoms with Crippen LogP contribution in [-0.2, 0) is 4.74 Å². The van der Waals surface area contributed by atoms with Gasteiger partial charge in [-0.3, -0.25) is 9.59 Å². The molecular formula is C25H27N3O7. The SMILES string of the molecule is CNC(=O)c1cc(C(=O)N[C@@H]2[C@@H]3COC[C@@H]32)cc2c1OCC2c1ccc(OCCNC(=O)O)cc1. The fraction of sp³-hybridized carbons (Fsp3) is 0.400. The van der Waals surface area contributed by atoms with E-state index in [4.69, 9.17) is 19.3 Å². The number of carbonyl (C=O) groups is 3. The zero-order valence-corrected chi connectivity index (χ0v) is 19.2. The molecule has 1 aliphatic carbocycles. The van der Waals surface area contributed by atoms with Crippen LogP contribution >= 0.6 is 0 Å². The molecule has 1 saturated heterocycles. The quantitative estimate of drug-likeness (QED) is 0.421. The molecule has 2 aliphatic heterocycles. The summed E-state index contributed by atoms with van der Waals surface area (Å²) in [5.74, 6) is 1.18. The normalized spacial score (nSPS) is 23.5. The number of carbonyl (C=O) groups excluding carboxylic acids is 2. The lowest BCUT2D eigenvalue weighted by Gasteiger charge is -2.14. The number of ether oxygens (including phenoxy) is 3. The second kappa shape index (κ2) is 9.46. The Balaban J connectivity index is 1.35. The van der Waals surface area contributed by atoms with Crippen molar-refractivity contribution in [2.24, 2.45) is 11.8 Å². The molecule has 2 aromatic rings. The second-order valence-electron chi connectivity index (χ2n) is 8.90. The summed E-state index contributed by atoms with van der Waals surface area (Å²) in [6, 6.07) is 10.9. The molecule has 3 amide bonds. The van der Waals surface area contributed by atoms with Crippen molar-refractivity contribution in [2.75, 3.05) is 40.0 Å². The first-order valence-electron chi connectivity index (χ1n) is 11.6. The minimum absolute atomic E-state index is 0.123. The van der Waals surface area contributed by atoms with E-state index >= 15 is 0 Å². The van der Waals surface area contributed by atoms with Gasteiger partial charge in [0.15, 0.2) is 0 Å². The van der Waals surface area contributed by atoms with E-state index in [9.17, 15) is 14.4 Å². The van der Waals surface area contributed by atoms with Crippen LogP contribution in [0.3, 0.4) is 0 Å². The Kier molecular flexibility index (Phi) is 6.21. The van der Waals surface area contributed by atoms with E-state index in [0.717, 1.165) is 11.1 Å². The minimum atomic E-state index is -1.10.